The summed E-state index contributed by atoms with van der Waals surface area (Å²) >= 11 is 0. The van der Waals surface area contributed by atoms with Crippen LogP contribution >= 0.6 is 0 Å². The Bertz CT molecular complexity index is 458. The first-order valence-corrected chi connectivity index (χ1v) is 4.86. The van der Waals surface area contributed by atoms with Crippen molar-refractivity contribution in [3.05, 3.63) is 23.8 Å². The zero-order valence-electron chi connectivity index (χ0n) is 8.93. The minimum Gasteiger partial charge on any atom is -0.482 e. The highest BCUT2D eigenvalue weighted by Crippen LogP contribution is 2.36. The van der Waals surface area contributed by atoms with Gasteiger partial charge in [-0.05, 0) is 26.0 Å². The van der Waals surface area contributed by atoms with Gasteiger partial charge in [0.25, 0.3) is 0 Å². The van der Waals surface area contributed by atoms with Gasteiger partial charge in [0, 0.05) is 0 Å². The molecule has 1 N–H and O–H groups in total. The topological polar surface area (TPSA) is 38.3 Å². The Morgan fingerprint density at radius 2 is 2.06 bits per heavy atom. The number of hydrogen-bond acceptors (Lipinski definition) is 2. The predicted molar refractivity (Wildman–Crippen MR) is 54.3 cm³/mol. The second kappa shape index (κ2) is 3.43. The van der Waals surface area contributed by atoms with E-state index in [2.05, 4.69) is 5.32 Å². The molecule has 1 aromatic carbocycles. The first kappa shape index (κ1) is 10.9. The first-order valence-electron chi connectivity index (χ1n) is 4.86. The summed E-state index contributed by atoms with van der Waals surface area (Å²) in [7, 11) is 0. The van der Waals surface area contributed by atoms with Gasteiger partial charge in [-0.2, -0.15) is 4.39 Å². The normalized spacial score (nSPS) is 18.1. The van der Waals surface area contributed by atoms with Gasteiger partial charge < -0.3 is 10.1 Å². The minimum atomic E-state index is -1.08. The number of carbonyl (C=O) groups is 1. The van der Waals surface area contributed by atoms with Gasteiger partial charge >= 0.3 is 0 Å². The number of halogens is 2. The maximum Gasteiger partial charge on any atom is 0.228 e. The molecule has 16 heavy (non-hydrogen) atoms. The van der Waals surface area contributed by atoms with Gasteiger partial charge in [-0.25, -0.2) is 4.39 Å². The summed E-state index contributed by atoms with van der Waals surface area (Å²) in [5, 5.41) is 2.48. The third-order valence-corrected chi connectivity index (χ3v) is 2.29. The van der Waals surface area contributed by atoms with Crippen molar-refractivity contribution in [2.24, 2.45) is 0 Å². The summed E-state index contributed by atoms with van der Waals surface area (Å²) in [5.74, 6) is -2.59. The molecule has 0 saturated heterocycles. The van der Waals surface area contributed by atoms with Gasteiger partial charge in [0.15, 0.2) is 11.6 Å². The fourth-order valence-electron chi connectivity index (χ4n) is 1.62. The summed E-state index contributed by atoms with van der Waals surface area (Å²) in [4.78, 5) is 11.5. The van der Waals surface area contributed by atoms with Gasteiger partial charge in [0.1, 0.15) is 5.60 Å². The molecule has 1 heterocycles. The molecule has 86 valence electrons. The minimum absolute atomic E-state index is 0.0861. The highest BCUT2D eigenvalue weighted by molar-refractivity contribution is 5.93. The van der Waals surface area contributed by atoms with Crippen molar-refractivity contribution < 1.29 is 18.3 Å². The smallest absolute Gasteiger partial charge is 0.228 e. The third-order valence-electron chi connectivity index (χ3n) is 2.29. The Balaban J connectivity index is 2.55. The van der Waals surface area contributed by atoms with Crippen LogP contribution in [0.4, 0.5) is 14.5 Å². The van der Waals surface area contributed by atoms with Crippen molar-refractivity contribution in [3.63, 3.8) is 0 Å². The van der Waals surface area contributed by atoms with Crippen LogP contribution in [0.2, 0.25) is 0 Å². The highest BCUT2D eigenvalue weighted by atomic mass is 19.2. The number of rotatable bonds is 0. The van der Waals surface area contributed by atoms with E-state index in [4.69, 9.17) is 4.74 Å². The molecule has 1 aromatic rings. The molecule has 0 aliphatic carbocycles. The van der Waals surface area contributed by atoms with E-state index in [0.717, 1.165) is 6.07 Å². The maximum atomic E-state index is 13.5. The van der Waals surface area contributed by atoms with Crippen molar-refractivity contribution in [3.8, 4) is 5.75 Å². The van der Waals surface area contributed by atoms with E-state index < -0.39 is 17.2 Å². The molecule has 0 atom stereocenters. The number of carbonyl (C=O) groups excluding carboxylic acids is 1. The molecule has 0 bridgehead atoms. The Hall–Kier alpha value is -1.65. The van der Waals surface area contributed by atoms with E-state index in [-0.39, 0.29) is 23.8 Å². The average Bonchev–Trinajstić information content (AvgIpc) is 2.27. The first-order chi connectivity index (χ1) is 7.39. The van der Waals surface area contributed by atoms with Gasteiger partial charge in [-0.3, -0.25) is 4.79 Å². The Labute approximate surface area is 91.4 Å². The number of ether oxygens (including phenoxy) is 1. The Morgan fingerprint density at radius 3 is 2.75 bits per heavy atom. The SMILES string of the molecule is CC1(C)CC(=O)Nc2ccc(F)c(F)c2O1. The fraction of sp³-hybridized carbons (Fsp3) is 0.364. The molecule has 1 aliphatic rings. The highest BCUT2D eigenvalue weighted by Gasteiger charge is 2.31. The lowest BCUT2D eigenvalue weighted by atomic mass is 10.1. The molecule has 0 aromatic heterocycles. The molecule has 2 rings (SSSR count). The number of nitrogens with one attached hydrogen (secondary N) is 1. The molecule has 0 saturated carbocycles. The monoisotopic (exact) mass is 227 g/mol. The lowest BCUT2D eigenvalue weighted by Crippen LogP contribution is -2.31. The molecule has 0 unspecified atom stereocenters. The third kappa shape index (κ3) is 1.85. The van der Waals surface area contributed by atoms with Crippen LogP contribution in [-0.4, -0.2) is 11.5 Å². The number of fused-ring (bicyclic) bond motifs is 1. The predicted octanol–water partition coefficient (Wildman–Crippen LogP) is 2.46. The van der Waals surface area contributed by atoms with Crippen LogP contribution in [0, 0.1) is 11.6 Å². The molecular weight excluding hydrogens is 216 g/mol. The molecule has 0 fully saturated rings. The lowest BCUT2D eigenvalue weighted by molar-refractivity contribution is -0.118. The number of anilines is 1. The van der Waals surface area contributed by atoms with Gasteiger partial charge in [0.05, 0.1) is 12.1 Å². The van der Waals surface area contributed by atoms with E-state index in [1.54, 1.807) is 13.8 Å². The summed E-state index contributed by atoms with van der Waals surface area (Å²) in [5.41, 5.74) is -0.696. The largest absolute Gasteiger partial charge is 0.482 e. The van der Waals surface area contributed by atoms with Crippen LogP contribution in [0.25, 0.3) is 0 Å². The average molecular weight is 227 g/mol. The van der Waals surface area contributed by atoms with Crippen LogP contribution in [0.5, 0.6) is 5.75 Å². The van der Waals surface area contributed by atoms with Gasteiger partial charge in [-0.15, -0.1) is 0 Å². The summed E-state index contributed by atoms with van der Waals surface area (Å²) < 4.78 is 31.8. The second-order valence-corrected chi connectivity index (χ2v) is 4.32. The second-order valence-electron chi connectivity index (χ2n) is 4.32. The summed E-state index contributed by atoms with van der Waals surface area (Å²) in [6.07, 6.45) is 0.0861. The molecule has 3 nitrogen and oxygen atoms in total. The van der Waals surface area contributed by atoms with Crippen molar-refractivity contribution >= 4 is 11.6 Å². The molecule has 0 spiro atoms. The molecular formula is C11H11F2NO2. The van der Waals surface area contributed by atoms with Crippen LogP contribution in [0.15, 0.2) is 12.1 Å². The van der Waals surface area contributed by atoms with Crippen LogP contribution in [0.3, 0.4) is 0 Å². The zero-order valence-corrected chi connectivity index (χ0v) is 8.93. The van der Waals surface area contributed by atoms with Crippen molar-refractivity contribution in [2.45, 2.75) is 25.9 Å². The van der Waals surface area contributed by atoms with Crippen LogP contribution < -0.4 is 10.1 Å². The maximum absolute atomic E-state index is 13.5. The van der Waals surface area contributed by atoms with Gasteiger partial charge in [0.2, 0.25) is 11.7 Å². The van der Waals surface area contributed by atoms with E-state index in [0.29, 0.717) is 0 Å². The summed E-state index contributed by atoms with van der Waals surface area (Å²) in [6.45, 7) is 3.29. The Morgan fingerprint density at radius 1 is 1.38 bits per heavy atom. The molecule has 0 radical (unpaired) electrons. The van der Waals surface area contributed by atoms with E-state index in [1.165, 1.54) is 6.07 Å². The van der Waals surface area contributed by atoms with Crippen molar-refractivity contribution in [2.75, 3.05) is 5.32 Å². The number of hydrogen-bond donors (Lipinski definition) is 1. The van der Waals surface area contributed by atoms with E-state index in [1.807, 2.05) is 0 Å². The van der Waals surface area contributed by atoms with E-state index >= 15 is 0 Å². The molecule has 1 aliphatic heterocycles. The number of benzene rings is 1. The molecule has 1 amide bonds. The Kier molecular flexibility index (Phi) is 2.33. The van der Waals surface area contributed by atoms with Crippen LogP contribution in [0.1, 0.15) is 20.3 Å². The zero-order chi connectivity index (χ0) is 11.9. The molecule has 5 heteroatoms. The van der Waals surface area contributed by atoms with E-state index in [9.17, 15) is 13.6 Å². The fourth-order valence-corrected chi connectivity index (χ4v) is 1.62. The quantitative estimate of drug-likeness (QED) is 0.739. The number of amides is 1. The van der Waals surface area contributed by atoms with Crippen LogP contribution in [-0.2, 0) is 4.79 Å². The van der Waals surface area contributed by atoms with Crippen molar-refractivity contribution in [1.29, 1.82) is 0 Å². The van der Waals surface area contributed by atoms with Gasteiger partial charge in [-0.1, -0.05) is 0 Å². The summed E-state index contributed by atoms with van der Waals surface area (Å²) in [6, 6.07) is 2.24. The van der Waals surface area contributed by atoms with Crippen molar-refractivity contribution in [1.82, 2.24) is 0 Å². The lowest BCUT2D eigenvalue weighted by Gasteiger charge is -2.23. The standard InChI is InChI=1S/C11H11F2NO2/c1-11(2)5-8(15)14-7-4-3-6(12)9(13)10(7)16-11/h3-4H,5H2,1-2H3,(H,14,15).